The van der Waals surface area contributed by atoms with E-state index >= 15 is 0 Å². The lowest BCUT2D eigenvalue weighted by Gasteiger charge is -2.03. The zero-order valence-corrected chi connectivity index (χ0v) is 9.38. The van der Waals surface area contributed by atoms with Gasteiger partial charge >= 0.3 is 0 Å². The van der Waals surface area contributed by atoms with Crippen molar-refractivity contribution in [3.05, 3.63) is 30.0 Å². The Bertz CT molecular complexity index is 582. The van der Waals surface area contributed by atoms with E-state index in [-0.39, 0.29) is 23.4 Å². The number of nitrogens with two attached hydrogens (primary N) is 1. The summed E-state index contributed by atoms with van der Waals surface area (Å²) in [6, 6.07) is 1.44. The first kappa shape index (κ1) is 11.9. The van der Waals surface area contributed by atoms with Crippen LogP contribution in [0.15, 0.2) is 18.5 Å². The maximum atomic E-state index is 13.5. The molecule has 0 fully saturated rings. The van der Waals surface area contributed by atoms with Crippen molar-refractivity contribution < 1.29 is 9.18 Å². The highest BCUT2D eigenvalue weighted by atomic mass is 19.1. The molecular weight excluding hydrogens is 241 g/mol. The van der Waals surface area contributed by atoms with Crippen molar-refractivity contribution in [2.24, 2.45) is 5.84 Å². The first-order valence-electron chi connectivity index (χ1n) is 4.93. The predicted octanol–water partition coefficient (Wildman–Crippen LogP) is -0.553. The van der Waals surface area contributed by atoms with E-state index < -0.39 is 5.82 Å². The van der Waals surface area contributed by atoms with Gasteiger partial charge in [-0.3, -0.25) is 10.2 Å². The van der Waals surface area contributed by atoms with Crippen LogP contribution in [-0.2, 0) is 0 Å². The fraction of sp³-hybridized carbons (Fsp3) is 0.111. The van der Waals surface area contributed by atoms with Gasteiger partial charge in [0.15, 0.2) is 17.3 Å². The van der Waals surface area contributed by atoms with Gasteiger partial charge in [-0.1, -0.05) is 0 Å². The maximum absolute atomic E-state index is 13.5. The van der Waals surface area contributed by atoms with Crippen molar-refractivity contribution in [2.45, 2.75) is 0 Å². The van der Waals surface area contributed by atoms with Crippen LogP contribution < -0.4 is 16.6 Å². The van der Waals surface area contributed by atoms with Gasteiger partial charge in [-0.15, -0.1) is 0 Å². The predicted molar refractivity (Wildman–Crippen MR) is 60.3 cm³/mol. The van der Waals surface area contributed by atoms with Crippen LogP contribution in [0.4, 0.5) is 10.3 Å². The van der Waals surface area contributed by atoms with Gasteiger partial charge in [0, 0.05) is 13.2 Å². The molecular formula is C9H10FN7O. The zero-order chi connectivity index (χ0) is 13.1. The minimum atomic E-state index is -0.680. The third-order valence-electron chi connectivity index (χ3n) is 2.12. The van der Waals surface area contributed by atoms with E-state index in [1.807, 2.05) is 0 Å². The lowest BCUT2D eigenvalue weighted by Crippen LogP contribution is -2.19. The molecule has 2 heterocycles. The van der Waals surface area contributed by atoms with E-state index in [2.05, 4.69) is 25.8 Å². The van der Waals surface area contributed by atoms with Gasteiger partial charge in [0.1, 0.15) is 0 Å². The molecule has 1 amide bonds. The van der Waals surface area contributed by atoms with Gasteiger partial charge < -0.3 is 5.32 Å². The quantitative estimate of drug-likeness (QED) is 0.498. The van der Waals surface area contributed by atoms with Crippen LogP contribution >= 0.6 is 0 Å². The molecule has 9 heteroatoms. The molecule has 8 nitrogen and oxygen atoms in total. The van der Waals surface area contributed by atoms with Crippen LogP contribution in [0.3, 0.4) is 0 Å². The third kappa shape index (κ3) is 2.11. The van der Waals surface area contributed by atoms with Crippen molar-refractivity contribution in [1.29, 1.82) is 0 Å². The summed E-state index contributed by atoms with van der Waals surface area (Å²) >= 11 is 0. The number of halogens is 1. The van der Waals surface area contributed by atoms with E-state index in [1.54, 1.807) is 0 Å². The first-order valence-corrected chi connectivity index (χ1v) is 4.93. The SMILES string of the molecule is CNC(=O)c1ccn(-c2nc(NN)ncc2F)n1. The second kappa shape index (κ2) is 4.75. The first-order chi connectivity index (χ1) is 8.65. The molecule has 0 radical (unpaired) electrons. The summed E-state index contributed by atoms with van der Waals surface area (Å²) in [5, 5.41) is 6.30. The number of carbonyl (C=O) groups is 1. The Morgan fingerprint density at radius 2 is 2.33 bits per heavy atom. The number of carbonyl (C=O) groups excluding carboxylic acids is 1. The lowest BCUT2D eigenvalue weighted by molar-refractivity contribution is 0.0957. The van der Waals surface area contributed by atoms with Crippen LogP contribution in [0.25, 0.3) is 5.82 Å². The largest absolute Gasteiger partial charge is 0.354 e. The second-order valence-corrected chi connectivity index (χ2v) is 3.23. The van der Waals surface area contributed by atoms with E-state index in [9.17, 15) is 9.18 Å². The Kier molecular flexibility index (Phi) is 3.15. The molecule has 0 atom stereocenters. The van der Waals surface area contributed by atoms with Gasteiger partial charge in [0.25, 0.3) is 5.91 Å². The minimum Gasteiger partial charge on any atom is -0.354 e. The maximum Gasteiger partial charge on any atom is 0.271 e. The number of hydrogen-bond acceptors (Lipinski definition) is 6. The topological polar surface area (TPSA) is 111 Å². The van der Waals surface area contributed by atoms with Crippen LogP contribution in [0.5, 0.6) is 0 Å². The van der Waals surface area contributed by atoms with Crippen LogP contribution in [-0.4, -0.2) is 32.7 Å². The molecule has 94 valence electrons. The summed E-state index contributed by atoms with van der Waals surface area (Å²) in [6.45, 7) is 0. The third-order valence-corrected chi connectivity index (χ3v) is 2.12. The average molecular weight is 251 g/mol. The summed E-state index contributed by atoms with van der Waals surface area (Å²) < 4.78 is 14.7. The van der Waals surface area contributed by atoms with E-state index in [1.165, 1.54) is 19.3 Å². The summed E-state index contributed by atoms with van der Waals surface area (Å²) in [5.74, 6) is 4.02. The molecule has 0 aromatic carbocycles. The van der Waals surface area contributed by atoms with Crippen molar-refractivity contribution in [1.82, 2.24) is 25.1 Å². The lowest BCUT2D eigenvalue weighted by atomic mass is 10.4. The number of hydrogen-bond donors (Lipinski definition) is 3. The molecule has 0 saturated carbocycles. The van der Waals surface area contributed by atoms with Crippen LogP contribution in [0.2, 0.25) is 0 Å². The molecule has 0 saturated heterocycles. The zero-order valence-electron chi connectivity index (χ0n) is 9.38. The molecule has 0 aliphatic heterocycles. The van der Waals surface area contributed by atoms with Gasteiger partial charge in [-0.25, -0.2) is 19.9 Å². The number of aromatic nitrogens is 4. The Balaban J connectivity index is 2.42. The Labute approximate surface area is 101 Å². The summed E-state index contributed by atoms with van der Waals surface area (Å²) in [4.78, 5) is 18.7. The highest BCUT2D eigenvalue weighted by molar-refractivity contribution is 5.91. The number of rotatable bonds is 3. The van der Waals surface area contributed by atoms with Gasteiger partial charge in [-0.2, -0.15) is 10.1 Å². The number of nitrogens with one attached hydrogen (secondary N) is 2. The Morgan fingerprint density at radius 3 is 3.00 bits per heavy atom. The molecule has 2 aromatic rings. The molecule has 0 spiro atoms. The normalized spacial score (nSPS) is 10.2. The van der Waals surface area contributed by atoms with Crippen molar-refractivity contribution in [2.75, 3.05) is 12.5 Å². The van der Waals surface area contributed by atoms with E-state index in [0.29, 0.717) is 0 Å². The van der Waals surface area contributed by atoms with E-state index in [0.717, 1.165) is 10.9 Å². The van der Waals surface area contributed by atoms with Crippen LogP contribution in [0.1, 0.15) is 10.5 Å². The van der Waals surface area contributed by atoms with Crippen molar-refractivity contribution in [3.63, 3.8) is 0 Å². The Hall–Kier alpha value is -2.55. The molecule has 18 heavy (non-hydrogen) atoms. The molecule has 2 aromatic heterocycles. The standard InChI is InChI=1S/C9H10FN7O/c1-12-8(18)6-2-3-17(16-6)7-5(10)4-13-9(14-7)15-11/h2-4H,11H2,1H3,(H,12,18)(H,13,14,15). The fourth-order valence-corrected chi connectivity index (χ4v) is 1.28. The average Bonchev–Trinajstić information content (AvgIpc) is 2.88. The molecule has 0 aliphatic carbocycles. The number of hydrazine groups is 1. The molecule has 4 N–H and O–H groups in total. The Morgan fingerprint density at radius 1 is 1.56 bits per heavy atom. The van der Waals surface area contributed by atoms with Gasteiger partial charge in [0.2, 0.25) is 5.95 Å². The molecule has 0 unspecified atom stereocenters. The van der Waals surface area contributed by atoms with Gasteiger partial charge in [-0.05, 0) is 6.07 Å². The molecule has 2 rings (SSSR count). The molecule has 0 aliphatic rings. The summed E-state index contributed by atoms with van der Waals surface area (Å²) in [6.07, 6.45) is 2.37. The smallest absolute Gasteiger partial charge is 0.271 e. The minimum absolute atomic E-state index is 0.0448. The van der Waals surface area contributed by atoms with Crippen molar-refractivity contribution >= 4 is 11.9 Å². The number of nitrogens with zero attached hydrogens (tertiary/aromatic N) is 4. The highest BCUT2D eigenvalue weighted by Crippen LogP contribution is 2.11. The van der Waals surface area contributed by atoms with Crippen LogP contribution in [0, 0.1) is 5.82 Å². The molecule has 0 bridgehead atoms. The van der Waals surface area contributed by atoms with Crippen molar-refractivity contribution in [3.8, 4) is 5.82 Å². The fourth-order valence-electron chi connectivity index (χ4n) is 1.28. The summed E-state index contributed by atoms with van der Waals surface area (Å²) in [7, 11) is 1.48. The summed E-state index contributed by atoms with van der Waals surface area (Å²) in [5.41, 5.74) is 2.35. The highest BCUT2D eigenvalue weighted by Gasteiger charge is 2.13. The number of nitrogen functional groups attached to an aromatic ring is 1. The van der Waals surface area contributed by atoms with Gasteiger partial charge in [0.05, 0.1) is 6.20 Å². The van der Waals surface area contributed by atoms with E-state index in [4.69, 9.17) is 5.84 Å². The number of amides is 1. The number of anilines is 1. The monoisotopic (exact) mass is 251 g/mol. The second-order valence-electron chi connectivity index (χ2n) is 3.23.